The molecule has 7 heteroatoms. The fraction of sp³-hybridized carbons (Fsp3) is 0. The second-order valence-corrected chi connectivity index (χ2v) is 3.29. The van der Waals surface area contributed by atoms with Crippen LogP contribution in [0.25, 0.3) is 5.69 Å². The lowest BCUT2D eigenvalue weighted by atomic mass is 10.3. The molecule has 0 saturated carbocycles. The lowest BCUT2D eigenvalue weighted by Crippen LogP contribution is -2.15. The first-order valence-electron chi connectivity index (χ1n) is 4.71. The Kier molecular flexibility index (Phi) is 2.65. The number of rotatable bonds is 2. The minimum atomic E-state index is -0.464. The van der Waals surface area contributed by atoms with Crippen molar-refractivity contribution in [2.24, 2.45) is 10.9 Å². The van der Waals surface area contributed by atoms with Crippen LogP contribution < -0.4 is 11.5 Å². The fourth-order valence-corrected chi connectivity index (χ4v) is 1.42. The van der Waals surface area contributed by atoms with Gasteiger partial charge in [-0.1, -0.05) is 17.3 Å². The van der Waals surface area contributed by atoms with E-state index < -0.39 is 5.82 Å². The highest BCUT2D eigenvalue weighted by Crippen LogP contribution is 2.18. The molecule has 2 aromatic rings. The van der Waals surface area contributed by atoms with Crippen molar-refractivity contribution >= 4 is 11.7 Å². The van der Waals surface area contributed by atoms with Gasteiger partial charge in [0.15, 0.2) is 5.84 Å². The van der Waals surface area contributed by atoms with E-state index in [1.807, 2.05) is 0 Å². The molecule has 0 unspecified atom stereocenters. The number of nitrogens with two attached hydrogens (primary N) is 2. The number of halogens is 1. The molecule has 0 atom stereocenters. The summed E-state index contributed by atoms with van der Waals surface area (Å²) in [6, 6.07) is 6.03. The number of hydrogen-bond acceptors (Lipinski definition) is 4. The number of anilines is 1. The van der Waals surface area contributed by atoms with Gasteiger partial charge >= 0.3 is 0 Å². The van der Waals surface area contributed by atoms with Gasteiger partial charge < -0.3 is 16.7 Å². The monoisotopic (exact) mass is 235 g/mol. The van der Waals surface area contributed by atoms with Crippen LogP contribution in [-0.4, -0.2) is 20.8 Å². The number of aromatic nitrogens is 2. The molecule has 1 aromatic heterocycles. The van der Waals surface area contributed by atoms with Gasteiger partial charge in [-0.3, -0.25) is 0 Å². The van der Waals surface area contributed by atoms with Crippen molar-refractivity contribution in [3.63, 3.8) is 0 Å². The predicted molar refractivity (Wildman–Crippen MR) is 60.4 cm³/mol. The van der Waals surface area contributed by atoms with Gasteiger partial charge in [0.25, 0.3) is 0 Å². The SMILES string of the molecule is N/C(=N\O)c1cnn(-c2ccccc2F)c1N. The Hall–Kier alpha value is -2.57. The fourth-order valence-electron chi connectivity index (χ4n) is 1.42. The van der Waals surface area contributed by atoms with Gasteiger partial charge in [-0.05, 0) is 12.1 Å². The van der Waals surface area contributed by atoms with E-state index >= 15 is 0 Å². The molecule has 0 aliphatic rings. The van der Waals surface area contributed by atoms with Gasteiger partial charge in [-0.25, -0.2) is 9.07 Å². The van der Waals surface area contributed by atoms with Crippen molar-refractivity contribution < 1.29 is 9.60 Å². The Labute approximate surface area is 95.9 Å². The Morgan fingerprint density at radius 3 is 2.76 bits per heavy atom. The molecule has 88 valence electrons. The molecule has 0 amide bonds. The van der Waals surface area contributed by atoms with Crippen molar-refractivity contribution in [2.45, 2.75) is 0 Å². The molecular weight excluding hydrogens is 225 g/mol. The zero-order chi connectivity index (χ0) is 12.4. The van der Waals surface area contributed by atoms with Crippen LogP contribution in [0.5, 0.6) is 0 Å². The van der Waals surface area contributed by atoms with E-state index in [9.17, 15) is 4.39 Å². The zero-order valence-corrected chi connectivity index (χ0v) is 8.71. The Morgan fingerprint density at radius 1 is 1.41 bits per heavy atom. The van der Waals surface area contributed by atoms with Crippen LogP contribution in [0.15, 0.2) is 35.6 Å². The van der Waals surface area contributed by atoms with E-state index in [1.165, 1.54) is 23.0 Å². The molecule has 1 heterocycles. The van der Waals surface area contributed by atoms with Crippen molar-refractivity contribution in [2.75, 3.05) is 5.73 Å². The Bertz CT molecular complexity index is 578. The Morgan fingerprint density at radius 2 is 2.12 bits per heavy atom. The standard InChI is InChI=1S/C10H10FN5O/c11-7-3-1-2-4-8(7)16-10(13)6(5-14-16)9(12)15-17/h1-5,17H,13H2,(H2,12,15). The van der Waals surface area contributed by atoms with Gasteiger partial charge in [-0.15, -0.1) is 0 Å². The average Bonchev–Trinajstić information content (AvgIpc) is 2.71. The molecule has 6 nitrogen and oxygen atoms in total. The largest absolute Gasteiger partial charge is 0.409 e. The zero-order valence-electron chi connectivity index (χ0n) is 8.71. The van der Waals surface area contributed by atoms with E-state index in [2.05, 4.69) is 10.3 Å². The van der Waals surface area contributed by atoms with Crippen molar-refractivity contribution in [3.05, 3.63) is 41.8 Å². The van der Waals surface area contributed by atoms with Crippen LogP contribution in [0.1, 0.15) is 5.56 Å². The molecule has 0 radical (unpaired) electrons. The van der Waals surface area contributed by atoms with E-state index in [0.717, 1.165) is 0 Å². The molecule has 0 aliphatic heterocycles. The third-order valence-electron chi connectivity index (χ3n) is 2.27. The van der Waals surface area contributed by atoms with Crippen LogP contribution in [0.3, 0.4) is 0 Å². The van der Waals surface area contributed by atoms with Gasteiger partial charge in [0, 0.05) is 0 Å². The molecule has 0 saturated heterocycles. The second-order valence-electron chi connectivity index (χ2n) is 3.29. The minimum absolute atomic E-state index is 0.102. The number of para-hydroxylation sites is 1. The quantitative estimate of drug-likeness (QED) is 0.308. The highest BCUT2D eigenvalue weighted by Gasteiger charge is 2.14. The van der Waals surface area contributed by atoms with Crippen molar-refractivity contribution in [1.82, 2.24) is 9.78 Å². The molecular formula is C10H10FN5O. The third-order valence-corrected chi connectivity index (χ3v) is 2.27. The summed E-state index contributed by atoms with van der Waals surface area (Å²) in [5.74, 6) is -0.538. The first-order chi connectivity index (χ1) is 8.15. The van der Waals surface area contributed by atoms with Crippen LogP contribution in [0.4, 0.5) is 10.2 Å². The van der Waals surface area contributed by atoms with E-state index in [-0.39, 0.29) is 22.9 Å². The maximum atomic E-state index is 13.5. The smallest absolute Gasteiger partial charge is 0.175 e. The van der Waals surface area contributed by atoms with Gasteiger partial charge in [0.1, 0.15) is 17.3 Å². The molecule has 0 fully saturated rings. The molecule has 17 heavy (non-hydrogen) atoms. The number of nitrogen functional groups attached to an aromatic ring is 1. The normalized spacial score (nSPS) is 11.7. The van der Waals surface area contributed by atoms with Crippen molar-refractivity contribution in [1.29, 1.82) is 0 Å². The molecule has 0 bridgehead atoms. The van der Waals surface area contributed by atoms with Crippen LogP contribution in [0.2, 0.25) is 0 Å². The van der Waals surface area contributed by atoms with Crippen LogP contribution in [-0.2, 0) is 0 Å². The lowest BCUT2D eigenvalue weighted by molar-refractivity contribution is 0.318. The number of hydrogen-bond donors (Lipinski definition) is 3. The highest BCUT2D eigenvalue weighted by atomic mass is 19.1. The lowest BCUT2D eigenvalue weighted by Gasteiger charge is -2.05. The van der Waals surface area contributed by atoms with Crippen LogP contribution >= 0.6 is 0 Å². The summed E-state index contributed by atoms with van der Waals surface area (Å²) in [6.07, 6.45) is 1.30. The molecule has 1 aromatic carbocycles. The summed E-state index contributed by atoms with van der Waals surface area (Å²) in [5, 5.41) is 15.3. The summed E-state index contributed by atoms with van der Waals surface area (Å²) in [5.41, 5.74) is 11.6. The number of amidine groups is 1. The second kappa shape index (κ2) is 4.12. The molecule has 2 rings (SSSR count). The molecule has 0 spiro atoms. The van der Waals surface area contributed by atoms with E-state index in [1.54, 1.807) is 12.1 Å². The van der Waals surface area contributed by atoms with Gasteiger partial charge in [0.2, 0.25) is 0 Å². The average molecular weight is 235 g/mol. The molecule has 0 aliphatic carbocycles. The maximum Gasteiger partial charge on any atom is 0.175 e. The molecule has 5 N–H and O–H groups in total. The topological polar surface area (TPSA) is 102 Å². The van der Waals surface area contributed by atoms with Gasteiger partial charge in [0.05, 0.1) is 11.8 Å². The summed E-state index contributed by atoms with van der Waals surface area (Å²) in [7, 11) is 0. The number of nitrogens with zero attached hydrogens (tertiary/aromatic N) is 3. The van der Waals surface area contributed by atoms with Crippen LogP contribution in [0, 0.1) is 5.82 Å². The van der Waals surface area contributed by atoms with Crippen molar-refractivity contribution in [3.8, 4) is 5.69 Å². The van der Waals surface area contributed by atoms with E-state index in [0.29, 0.717) is 0 Å². The number of oxime groups is 1. The van der Waals surface area contributed by atoms with Gasteiger partial charge in [-0.2, -0.15) is 5.10 Å². The summed E-state index contributed by atoms with van der Waals surface area (Å²) in [4.78, 5) is 0. The third kappa shape index (κ3) is 1.78. The Balaban J connectivity index is 2.56. The minimum Gasteiger partial charge on any atom is -0.409 e. The van der Waals surface area contributed by atoms with E-state index in [4.69, 9.17) is 16.7 Å². The first-order valence-corrected chi connectivity index (χ1v) is 4.71. The first kappa shape index (κ1) is 10.9. The number of benzene rings is 1. The summed E-state index contributed by atoms with van der Waals surface area (Å²) < 4.78 is 14.7. The summed E-state index contributed by atoms with van der Waals surface area (Å²) >= 11 is 0. The maximum absolute atomic E-state index is 13.5. The highest BCUT2D eigenvalue weighted by molar-refractivity contribution is 6.00. The predicted octanol–water partition coefficient (Wildman–Crippen LogP) is 0.688. The summed E-state index contributed by atoms with van der Waals surface area (Å²) in [6.45, 7) is 0.